The summed E-state index contributed by atoms with van der Waals surface area (Å²) in [5, 5.41) is 23.7. The zero-order valence-electron chi connectivity index (χ0n) is 13.3. The second-order valence-electron chi connectivity index (χ2n) is 4.60. The van der Waals surface area contributed by atoms with Crippen LogP contribution < -0.4 is 69.3 Å². The van der Waals surface area contributed by atoms with E-state index in [1.165, 1.54) is 13.0 Å². The number of carboxylic acid groups (broad SMARTS) is 2. The third-order valence-corrected chi connectivity index (χ3v) is 3.06. The predicted molar refractivity (Wildman–Crippen MR) is 75.7 cm³/mol. The summed E-state index contributed by atoms with van der Waals surface area (Å²) in [5.41, 5.74) is 0.539. The molecule has 0 spiro atoms. The van der Waals surface area contributed by atoms with Crippen LogP contribution in [0.5, 0.6) is 0 Å². The third-order valence-electron chi connectivity index (χ3n) is 3.06. The number of carboxylic acids is 2. The molecule has 0 N–H and O–H groups in total. The van der Waals surface area contributed by atoms with E-state index >= 15 is 0 Å². The van der Waals surface area contributed by atoms with Crippen LogP contribution in [0.15, 0.2) is 59.7 Å². The summed E-state index contributed by atoms with van der Waals surface area (Å²) < 4.78 is 0. The van der Waals surface area contributed by atoms with Crippen molar-refractivity contribution in [2.75, 3.05) is 0 Å². The zero-order chi connectivity index (χ0) is 15.4. The Bertz CT molecular complexity index is 779. The molecule has 0 amide bonds. The molecule has 6 heteroatoms. The van der Waals surface area contributed by atoms with Crippen molar-refractivity contribution in [2.24, 2.45) is 0 Å². The summed E-state index contributed by atoms with van der Waals surface area (Å²) in [6, 6.07) is 13.1. The van der Waals surface area contributed by atoms with Crippen LogP contribution >= 0.6 is 0 Å². The third kappa shape index (κ3) is 6.26. The van der Waals surface area contributed by atoms with Gasteiger partial charge in [0.15, 0.2) is 0 Å². The Morgan fingerprint density at radius 3 is 2.13 bits per heavy atom. The fraction of sp³-hybridized carbons (Fsp3) is 0.0588. The standard InChI is InChI=1S/C17H14O4.2Na/c1-11(8-16(18)19)15(17(20)21)10-12-6-7-13-4-2-3-5-14(13)9-12;;/h2-10H,1H3,(H,18,19)(H,20,21);;/q;2*+1/p-2. The van der Waals surface area contributed by atoms with Gasteiger partial charge in [-0.2, -0.15) is 0 Å². The number of hydrogen-bond donors (Lipinski definition) is 0. The molecule has 0 unspecified atom stereocenters. The molecule has 0 aliphatic rings. The molecular weight excluding hydrogens is 314 g/mol. The van der Waals surface area contributed by atoms with Gasteiger partial charge >= 0.3 is 59.1 Å². The van der Waals surface area contributed by atoms with Gasteiger partial charge in [-0.1, -0.05) is 36.4 Å². The number of rotatable bonds is 4. The fourth-order valence-corrected chi connectivity index (χ4v) is 2.05. The Balaban J connectivity index is 0.00000242. The van der Waals surface area contributed by atoms with Crippen LogP contribution in [0.25, 0.3) is 16.8 Å². The molecule has 2 aromatic carbocycles. The minimum Gasteiger partial charge on any atom is -0.545 e. The van der Waals surface area contributed by atoms with Gasteiger partial charge in [0.1, 0.15) is 0 Å². The molecule has 106 valence electrons. The van der Waals surface area contributed by atoms with E-state index in [1.807, 2.05) is 36.4 Å². The van der Waals surface area contributed by atoms with Crippen LogP contribution in [0, 0.1) is 0 Å². The summed E-state index contributed by atoms with van der Waals surface area (Å²) in [5.74, 6) is -2.88. The second-order valence-corrected chi connectivity index (χ2v) is 4.60. The summed E-state index contributed by atoms with van der Waals surface area (Å²) >= 11 is 0. The van der Waals surface area contributed by atoms with Crippen LogP contribution in [0.2, 0.25) is 0 Å². The zero-order valence-corrected chi connectivity index (χ0v) is 17.3. The normalized spacial score (nSPS) is 11.3. The second kappa shape index (κ2) is 10.1. The van der Waals surface area contributed by atoms with Crippen molar-refractivity contribution >= 4 is 28.8 Å². The molecule has 0 aliphatic carbocycles. The molecule has 0 saturated heterocycles. The van der Waals surface area contributed by atoms with Gasteiger partial charge < -0.3 is 19.8 Å². The average Bonchev–Trinajstić information content (AvgIpc) is 2.43. The van der Waals surface area contributed by atoms with Crippen molar-refractivity contribution in [3.63, 3.8) is 0 Å². The van der Waals surface area contributed by atoms with Crippen LogP contribution in [-0.4, -0.2) is 11.9 Å². The molecule has 0 fully saturated rings. The van der Waals surface area contributed by atoms with Gasteiger partial charge in [-0.25, -0.2) is 0 Å². The van der Waals surface area contributed by atoms with Crippen molar-refractivity contribution in [1.82, 2.24) is 0 Å². The fourth-order valence-electron chi connectivity index (χ4n) is 2.05. The predicted octanol–water partition coefficient (Wildman–Crippen LogP) is -5.32. The van der Waals surface area contributed by atoms with Crippen LogP contribution in [0.4, 0.5) is 0 Å². The molecule has 0 heterocycles. The maximum absolute atomic E-state index is 11.2. The molecule has 0 aliphatic heterocycles. The quantitative estimate of drug-likeness (QED) is 0.319. The molecule has 2 rings (SSSR count). The number of hydrogen-bond acceptors (Lipinski definition) is 4. The maximum atomic E-state index is 11.2. The Morgan fingerprint density at radius 1 is 0.957 bits per heavy atom. The Hall–Kier alpha value is -0.880. The Labute approximate surface area is 178 Å². The van der Waals surface area contributed by atoms with E-state index in [0.717, 1.165) is 16.8 Å². The van der Waals surface area contributed by atoms with E-state index in [9.17, 15) is 19.8 Å². The average molecular weight is 326 g/mol. The number of carbonyl (C=O) groups excluding carboxylic acids is 2. The smallest absolute Gasteiger partial charge is 0.545 e. The maximum Gasteiger partial charge on any atom is 1.00 e. The van der Waals surface area contributed by atoms with E-state index in [0.29, 0.717) is 5.56 Å². The van der Waals surface area contributed by atoms with Gasteiger partial charge in [0.25, 0.3) is 0 Å². The van der Waals surface area contributed by atoms with Gasteiger partial charge in [-0.15, -0.1) is 0 Å². The van der Waals surface area contributed by atoms with Crippen LogP contribution in [-0.2, 0) is 9.59 Å². The van der Waals surface area contributed by atoms with E-state index in [4.69, 9.17) is 0 Å². The minimum absolute atomic E-state index is 0. The van der Waals surface area contributed by atoms with Crippen molar-refractivity contribution in [3.8, 4) is 0 Å². The van der Waals surface area contributed by atoms with Gasteiger partial charge in [0.2, 0.25) is 0 Å². The topological polar surface area (TPSA) is 80.3 Å². The first-order valence-corrected chi connectivity index (χ1v) is 6.29. The number of fused-ring (bicyclic) bond motifs is 1. The van der Waals surface area contributed by atoms with Crippen molar-refractivity contribution in [1.29, 1.82) is 0 Å². The molecule has 0 radical (unpaired) electrons. The Kier molecular flexibility index (Phi) is 9.70. The van der Waals surface area contributed by atoms with Crippen molar-refractivity contribution in [2.45, 2.75) is 6.92 Å². The monoisotopic (exact) mass is 326 g/mol. The summed E-state index contributed by atoms with van der Waals surface area (Å²) in [6.45, 7) is 1.39. The van der Waals surface area contributed by atoms with E-state index in [2.05, 4.69) is 0 Å². The minimum atomic E-state index is -1.45. The Morgan fingerprint density at radius 2 is 1.57 bits per heavy atom. The molecular formula is C17H12Na2O4. The van der Waals surface area contributed by atoms with Crippen LogP contribution in [0.1, 0.15) is 12.5 Å². The van der Waals surface area contributed by atoms with E-state index in [1.54, 1.807) is 6.07 Å². The summed E-state index contributed by atoms with van der Waals surface area (Å²) in [7, 11) is 0. The van der Waals surface area contributed by atoms with Crippen LogP contribution in [0.3, 0.4) is 0 Å². The first-order valence-electron chi connectivity index (χ1n) is 6.29. The van der Waals surface area contributed by atoms with Crippen molar-refractivity contribution in [3.05, 3.63) is 65.3 Å². The first-order chi connectivity index (χ1) is 9.97. The largest absolute Gasteiger partial charge is 1.00 e. The summed E-state index contributed by atoms with van der Waals surface area (Å²) in [6.07, 6.45) is 2.12. The molecule has 0 aromatic heterocycles. The first kappa shape index (κ1) is 22.1. The van der Waals surface area contributed by atoms with Gasteiger partial charge in [0, 0.05) is 5.57 Å². The molecule has 23 heavy (non-hydrogen) atoms. The summed E-state index contributed by atoms with van der Waals surface area (Å²) in [4.78, 5) is 21.7. The van der Waals surface area contributed by atoms with Crippen molar-refractivity contribution < 1.29 is 78.9 Å². The molecule has 4 nitrogen and oxygen atoms in total. The van der Waals surface area contributed by atoms with Gasteiger partial charge in [-0.05, 0) is 47.1 Å². The van der Waals surface area contributed by atoms with Gasteiger partial charge in [0.05, 0.1) is 11.9 Å². The number of aliphatic carboxylic acids is 2. The van der Waals surface area contributed by atoms with E-state index in [-0.39, 0.29) is 70.3 Å². The molecule has 0 atom stereocenters. The number of benzene rings is 2. The molecule has 0 bridgehead atoms. The van der Waals surface area contributed by atoms with E-state index < -0.39 is 11.9 Å². The SMILES string of the molecule is CC(=CC(=O)[O-])C(=Cc1ccc2ccccc2c1)C(=O)[O-].[Na+].[Na+]. The van der Waals surface area contributed by atoms with Gasteiger partial charge in [-0.3, -0.25) is 0 Å². The molecule has 2 aromatic rings. The number of carbonyl (C=O) groups is 2. The molecule has 0 saturated carbocycles.